The normalized spacial score (nSPS) is 36.8. The summed E-state index contributed by atoms with van der Waals surface area (Å²) in [6.07, 6.45) is -8.70. The number of benzene rings is 1. The molecule has 0 aliphatic carbocycles. The number of carbonyl (C=O) groups excluding carboxylic acids is 1. The Morgan fingerprint density at radius 2 is 1.87 bits per heavy atom. The minimum atomic E-state index is -1.61. The molecule has 0 radical (unpaired) electrons. The third-order valence-electron chi connectivity index (χ3n) is 3.70. The van der Waals surface area contributed by atoms with Crippen LogP contribution in [0.1, 0.15) is 0 Å². The highest BCUT2D eigenvalue weighted by Gasteiger charge is 2.46. The lowest BCUT2D eigenvalue weighted by Gasteiger charge is -2.40. The van der Waals surface area contributed by atoms with Gasteiger partial charge in [-0.1, -0.05) is 12.1 Å². The third kappa shape index (κ3) is 3.02. The maximum atomic E-state index is 12.0. The quantitative estimate of drug-likeness (QED) is 0.437. The first kappa shape index (κ1) is 16.1. The van der Waals surface area contributed by atoms with E-state index >= 15 is 0 Å². The number of nitrogens with one attached hydrogen (secondary N) is 1. The Morgan fingerprint density at radius 1 is 1.13 bits per heavy atom. The lowest BCUT2D eigenvalue weighted by atomic mass is 9.99. The SMILES string of the molecule is O=C1Nc2ccccc2O[C@H]1O[C@H]1O[C@@H](CO)[C@H](O)[C@@H](O)[C@@H]1O. The molecule has 9 nitrogen and oxygen atoms in total. The summed E-state index contributed by atoms with van der Waals surface area (Å²) in [5.41, 5.74) is 0.478. The molecule has 5 N–H and O–H groups in total. The summed E-state index contributed by atoms with van der Waals surface area (Å²) in [6, 6.07) is 6.71. The van der Waals surface area contributed by atoms with Gasteiger partial charge in [0.15, 0.2) is 6.29 Å². The van der Waals surface area contributed by atoms with Gasteiger partial charge in [0.2, 0.25) is 0 Å². The summed E-state index contributed by atoms with van der Waals surface area (Å²) in [7, 11) is 0. The molecule has 1 amide bonds. The zero-order valence-electron chi connectivity index (χ0n) is 11.9. The van der Waals surface area contributed by atoms with Crippen LogP contribution >= 0.6 is 0 Å². The highest BCUT2D eigenvalue weighted by molar-refractivity contribution is 5.96. The van der Waals surface area contributed by atoms with Gasteiger partial charge in [0.1, 0.15) is 30.2 Å². The molecule has 2 aliphatic heterocycles. The second kappa shape index (κ2) is 6.40. The van der Waals surface area contributed by atoms with Crippen molar-refractivity contribution in [3.05, 3.63) is 24.3 Å². The van der Waals surface area contributed by atoms with Crippen LogP contribution in [-0.2, 0) is 14.3 Å². The van der Waals surface area contributed by atoms with E-state index in [1.54, 1.807) is 24.3 Å². The van der Waals surface area contributed by atoms with E-state index in [2.05, 4.69) is 5.32 Å². The average Bonchev–Trinajstić information content (AvgIpc) is 2.56. The fraction of sp³-hybridized carbons (Fsp3) is 0.500. The van der Waals surface area contributed by atoms with Crippen molar-refractivity contribution in [2.24, 2.45) is 0 Å². The van der Waals surface area contributed by atoms with Crippen LogP contribution < -0.4 is 10.1 Å². The van der Waals surface area contributed by atoms with Crippen molar-refractivity contribution in [3.8, 4) is 5.75 Å². The molecule has 0 aromatic heterocycles. The second-order valence-electron chi connectivity index (χ2n) is 5.27. The molecule has 9 heteroatoms. The van der Waals surface area contributed by atoms with E-state index in [1.807, 2.05) is 0 Å². The van der Waals surface area contributed by atoms with E-state index < -0.39 is 49.5 Å². The van der Waals surface area contributed by atoms with Crippen LogP contribution in [0.3, 0.4) is 0 Å². The summed E-state index contributed by atoms with van der Waals surface area (Å²) in [5.74, 6) is -0.234. The molecule has 1 aromatic carbocycles. The van der Waals surface area contributed by atoms with Crippen LogP contribution in [0.4, 0.5) is 5.69 Å². The van der Waals surface area contributed by atoms with Crippen molar-refractivity contribution < 1.29 is 39.4 Å². The van der Waals surface area contributed by atoms with Crippen LogP contribution in [0.2, 0.25) is 0 Å². The first-order chi connectivity index (χ1) is 11.0. The first-order valence-corrected chi connectivity index (χ1v) is 7.04. The first-order valence-electron chi connectivity index (χ1n) is 7.04. The summed E-state index contributed by atoms with van der Waals surface area (Å²) in [4.78, 5) is 12.0. The molecule has 0 spiro atoms. The van der Waals surface area contributed by atoms with Gasteiger partial charge in [0.05, 0.1) is 12.3 Å². The molecule has 1 aromatic rings. The molecular weight excluding hydrogens is 310 g/mol. The number of para-hydroxylation sites is 2. The lowest BCUT2D eigenvalue weighted by molar-refractivity contribution is -0.322. The Morgan fingerprint density at radius 3 is 2.61 bits per heavy atom. The second-order valence-corrected chi connectivity index (χ2v) is 5.27. The third-order valence-corrected chi connectivity index (χ3v) is 3.70. The molecule has 0 unspecified atom stereocenters. The monoisotopic (exact) mass is 327 g/mol. The van der Waals surface area contributed by atoms with Crippen LogP contribution in [0.5, 0.6) is 5.75 Å². The predicted molar refractivity (Wildman–Crippen MR) is 74.3 cm³/mol. The molecule has 0 saturated carbocycles. The summed E-state index contributed by atoms with van der Waals surface area (Å²) < 4.78 is 15.8. The summed E-state index contributed by atoms with van der Waals surface area (Å²) in [6.45, 7) is -0.592. The van der Waals surface area contributed by atoms with Crippen molar-refractivity contribution >= 4 is 11.6 Å². The van der Waals surface area contributed by atoms with Crippen molar-refractivity contribution in [1.29, 1.82) is 0 Å². The molecule has 2 aliphatic rings. The Hall–Kier alpha value is -1.75. The minimum Gasteiger partial charge on any atom is -0.453 e. The number of amides is 1. The van der Waals surface area contributed by atoms with Gasteiger partial charge in [0, 0.05) is 0 Å². The number of aliphatic hydroxyl groups is 4. The van der Waals surface area contributed by atoms with E-state index in [0.717, 1.165) is 0 Å². The smallest absolute Gasteiger partial charge is 0.294 e. The largest absolute Gasteiger partial charge is 0.453 e. The fourth-order valence-corrected chi connectivity index (χ4v) is 2.42. The highest BCUT2D eigenvalue weighted by atomic mass is 16.8. The summed E-state index contributed by atoms with van der Waals surface area (Å²) >= 11 is 0. The number of carbonyl (C=O) groups is 1. The van der Waals surface area contributed by atoms with Crippen LogP contribution in [0.15, 0.2) is 24.3 Å². The molecule has 1 fully saturated rings. The maximum absolute atomic E-state index is 12.0. The number of rotatable bonds is 3. The van der Waals surface area contributed by atoms with Crippen LogP contribution in [-0.4, -0.2) is 69.9 Å². The van der Waals surface area contributed by atoms with E-state index in [1.165, 1.54) is 0 Å². The number of ether oxygens (including phenoxy) is 3. The molecule has 2 heterocycles. The number of hydrogen-bond acceptors (Lipinski definition) is 8. The van der Waals surface area contributed by atoms with Crippen LogP contribution in [0.25, 0.3) is 0 Å². The van der Waals surface area contributed by atoms with E-state index in [-0.39, 0.29) is 0 Å². The lowest BCUT2D eigenvalue weighted by Crippen LogP contribution is -2.60. The summed E-state index contributed by atoms with van der Waals surface area (Å²) in [5, 5.41) is 41.0. The Labute approximate surface area is 131 Å². The topological polar surface area (TPSA) is 138 Å². The zero-order chi connectivity index (χ0) is 16.6. The molecule has 126 valence electrons. The van der Waals surface area contributed by atoms with Crippen molar-refractivity contribution in [2.75, 3.05) is 11.9 Å². The van der Waals surface area contributed by atoms with Crippen molar-refractivity contribution in [2.45, 2.75) is 37.0 Å². The van der Waals surface area contributed by atoms with Gasteiger partial charge in [-0.2, -0.15) is 0 Å². The molecule has 23 heavy (non-hydrogen) atoms. The number of aliphatic hydroxyl groups excluding tert-OH is 4. The molecule has 0 bridgehead atoms. The zero-order valence-corrected chi connectivity index (χ0v) is 11.9. The van der Waals surface area contributed by atoms with Gasteiger partial charge in [-0.15, -0.1) is 0 Å². The molecule has 1 saturated heterocycles. The van der Waals surface area contributed by atoms with Gasteiger partial charge in [0.25, 0.3) is 12.2 Å². The fourth-order valence-electron chi connectivity index (χ4n) is 2.42. The van der Waals surface area contributed by atoms with Crippen molar-refractivity contribution in [1.82, 2.24) is 0 Å². The highest BCUT2D eigenvalue weighted by Crippen LogP contribution is 2.31. The van der Waals surface area contributed by atoms with Gasteiger partial charge in [-0.05, 0) is 12.1 Å². The van der Waals surface area contributed by atoms with Gasteiger partial charge >= 0.3 is 0 Å². The maximum Gasteiger partial charge on any atom is 0.294 e. The molecule has 6 atom stereocenters. The molecular formula is C14H17NO8. The number of hydrogen-bond donors (Lipinski definition) is 5. The average molecular weight is 327 g/mol. The molecule has 3 rings (SSSR count). The van der Waals surface area contributed by atoms with E-state index in [0.29, 0.717) is 11.4 Å². The van der Waals surface area contributed by atoms with Crippen molar-refractivity contribution in [3.63, 3.8) is 0 Å². The Bertz CT molecular complexity index is 580. The standard InChI is InChI=1S/C14H17NO8/c16-5-8-9(17)10(18)11(19)13(22-8)23-14-12(20)15-6-3-1-2-4-7(6)21-14/h1-4,8-11,13-14,16-19H,5H2,(H,15,20)/t8-,9-,10+,11-,13+,14-/m0/s1. The van der Waals surface area contributed by atoms with Crippen LogP contribution in [0, 0.1) is 0 Å². The minimum absolute atomic E-state index is 0.377. The van der Waals surface area contributed by atoms with E-state index in [4.69, 9.17) is 19.3 Å². The van der Waals surface area contributed by atoms with Gasteiger partial charge in [-0.3, -0.25) is 4.79 Å². The van der Waals surface area contributed by atoms with Gasteiger partial charge < -0.3 is 40.0 Å². The van der Waals surface area contributed by atoms with E-state index in [9.17, 15) is 20.1 Å². The predicted octanol–water partition coefficient (Wildman–Crippen LogP) is -1.84. The Balaban J connectivity index is 1.72. The van der Waals surface area contributed by atoms with Gasteiger partial charge in [-0.25, -0.2) is 0 Å². The number of fused-ring (bicyclic) bond motifs is 1. The Kier molecular flexibility index (Phi) is 4.48. The number of anilines is 1.